The second kappa shape index (κ2) is 8.75. The van der Waals surface area contributed by atoms with E-state index in [1.54, 1.807) is 24.3 Å². The SMILES string of the molecule is COc1ccc(Br)cc1/C=C(\C#N)C(=O)Nc1cc(C)c(Cl)cc1OC. The number of carbonyl (C=O) groups excluding carboxylic acids is 1. The van der Waals surface area contributed by atoms with E-state index in [0.29, 0.717) is 27.8 Å². The van der Waals surface area contributed by atoms with Crippen molar-refractivity contribution in [3.8, 4) is 17.6 Å². The molecule has 5 nitrogen and oxygen atoms in total. The number of ether oxygens (including phenoxy) is 2. The molecule has 134 valence electrons. The molecular weight excluding hydrogens is 420 g/mol. The van der Waals surface area contributed by atoms with Crippen molar-refractivity contribution in [3.05, 3.63) is 56.5 Å². The number of nitriles is 1. The molecule has 0 aliphatic heterocycles. The van der Waals surface area contributed by atoms with Crippen LogP contribution < -0.4 is 14.8 Å². The zero-order chi connectivity index (χ0) is 19.3. The van der Waals surface area contributed by atoms with Crippen LogP contribution in [-0.4, -0.2) is 20.1 Å². The van der Waals surface area contributed by atoms with E-state index >= 15 is 0 Å². The van der Waals surface area contributed by atoms with E-state index < -0.39 is 5.91 Å². The van der Waals surface area contributed by atoms with Crippen LogP contribution in [0.2, 0.25) is 5.02 Å². The van der Waals surface area contributed by atoms with Gasteiger partial charge in [0.2, 0.25) is 0 Å². The van der Waals surface area contributed by atoms with Gasteiger partial charge in [-0.1, -0.05) is 27.5 Å². The lowest BCUT2D eigenvalue weighted by Crippen LogP contribution is -2.14. The van der Waals surface area contributed by atoms with Gasteiger partial charge >= 0.3 is 0 Å². The number of benzene rings is 2. The minimum atomic E-state index is -0.561. The Kier molecular flexibility index (Phi) is 6.67. The number of anilines is 1. The molecule has 0 radical (unpaired) electrons. The molecule has 0 saturated carbocycles. The van der Waals surface area contributed by atoms with Crippen LogP contribution in [0.25, 0.3) is 6.08 Å². The lowest BCUT2D eigenvalue weighted by molar-refractivity contribution is -0.112. The highest BCUT2D eigenvalue weighted by Crippen LogP contribution is 2.31. The van der Waals surface area contributed by atoms with Crippen molar-refractivity contribution < 1.29 is 14.3 Å². The summed E-state index contributed by atoms with van der Waals surface area (Å²) in [7, 11) is 3.00. The molecule has 1 amide bonds. The molecule has 0 heterocycles. The smallest absolute Gasteiger partial charge is 0.266 e. The summed E-state index contributed by atoms with van der Waals surface area (Å²) in [5.74, 6) is 0.398. The van der Waals surface area contributed by atoms with E-state index in [0.717, 1.165) is 10.0 Å². The molecule has 2 aromatic carbocycles. The maximum Gasteiger partial charge on any atom is 0.266 e. The fourth-order valence-corrected chi connectivity index (χ4v) is 2.77. The van der Waals surface area contributed by atoms with Gasteiger partial charge in [-0.25, -0.2) is 0 Å². The van der Waals surface area contributed by atoms with E-state index in [2.05, 4.69) is 21.2 Å². The van der Waals surface area contributed by atoms with Crippen molar-refractivity contribution in [2.24, 2.45) is 0 Å². The second-order valence-corrected chi connectivity index (χ2v) is 6.63. The molecule has 2 rings (SSSR count). The average Bonchev–Trinajstić information content (AvgIpc) is 2.62. The molecule has 0 aliphatic rings. The summed E-state index contributed by atoms with van der Waals surface area (Å²) in [6.45, 7) is 1.81. The van der Waals surface area contributed by atoms with Crippen molar-refractivity contribution in [3.63, 3.8) is 0 Å². The molecular formula is C19H16BrClN2O3. The topological polar surface area (TPSA) is 71.3 Å². The highest BCUT2D eigenvalue weighted by Gasteiger charge is 2.15. The van der Waals surface area contributed by atoms with Gasteiger partial charge in [0.05, 0.1) is 19.9 Å². The minimum Gasteiger partial charge on any atom is -0.496 e. The highest BCUT2D eigenvalue weighted by molar-refractivity contribution is 9.10. The van der Waals surface area contributed by atoms with Crippen LogP contribution in [-0.2, 0) is 4.79 Å². The summed E-state index contributed by atoms with van der Waals surface area (Å²) in [5.41, 5.74) is 1.74. The highest BCUT2D eigenvalue weighted by atomic mass is 79.9. The first kappa shape index (κ1) is 19.8. The molecule has 1 N–H and O–H groups in total. The first-order valence-electron chi connectivity index (χ1n) is 7.50. The number of amides is 1. The van der Waals surface area contributed by atoms with Gasteiger partial charge in [-0.05, 0) is 42.8 Å². The number of hydrogen-bond donors (Lipinski definition) is 1. The average molecular weight is 436 g/mol. The van der Waals surface area contributed by atoms with E-state index in [1.807, 2.05) is 19.1 Å². The van der Waals surface area contributed by atoms with Crippen molar-refractivity contribution in [2.75, 3.05) is 19.5 Å². The van der Waals surface area contributed by atoms with Crippen LogP contribution in [0.5, 0.6) is 11.5 Å². The van der Waals surface area contributed by atoms with Crippen LogP contribution in [0.1, 0.15) is 11.1 Å². The first-order chi connectivity index (χ1) is 12.4. The monoisotopic (exact) mass is 434 g/mol. The number of aryl methyl sites for hydroxylation is 1. The molecule has 0 unspecified atom stereocenters. The van der Waals surface area contributed by atoms with Crippen molar-refractivity contribution >= 4 is 45.2 Å². The van der Waals surface area contributed by atoms with Crippen molar-refractivity contribution in [1.82, 2.24) is 0 Å². The van der Waals surface area contributed by atoms with E-state index in [4.69, 9.17) is 21.1 Å². The van der Waals surface area contributed by atoms with Crippen LogP contribution in [0.4, 0.5) is 5.69 Å². The molecule has 0 aromatic heterocycles. The standard InChI is InChI=1S/C19H16BrClN2O3/c1-11-6-16(18(26-3)9-15(11)21)23-19(24)13(10-22)7-12-8-14(20)4-5-17(12)25-2/h4-9H,1-3H3,(H,23,24)/b13-7+. The molecule has 0 atom stereocenters. The summed E-state index contributed by atoms with van der Waals surface area (Å²) in [6.07, 6.45) is 1.47. The quantitative estimate of drug-likeness (QED) is 0.531. The number of nitrogens with zero attached hydrogens (tertiary/aromatic N) is 1. The van der Waals surface area contributed by atoms with E-state index in [1.165, 1.54) is 20.3 Å². The Morgan fingerprint density at radius 3 is 2.54 bits per heavy atom. The van der Waals surface area contributed by atoms with Gasteiger partial charge in [0, 0.05) is 21.1 Å². The van der Waals surface area contributed by atoms with Gasteiger partial charge in [0.25, 0.3) is 5.91 Å². The normalized spacial score (nSPS) is 10.8. The zero-order valence-electron chi connectivity index (χ0n) is 14.4. The number of hydrogen-bond acceptors (Lipinski definition) is 4. The maximum absolute atomic E-state index is 12.6. The molecule has 26 heavy (non-hydrogen) atoms. The molecule has 7 heteroatoms. The Morgan fingerprint density at radius 1 is 1.23 bits per heavy atom. The van der Waals surface area contributed by atoms with Crippen LogP contribution in [0.15, 0.2) is 40.4 Å². The fraction of sp³-hybridized carbons (Fsp3) is 0.158. The van der Waals surface area contributed by atoms with Gasteiger partial charge in [-0.2, -0.15) is 5.26 Å². The molecule has 0 aliphatic carbocycles. The lowest BCUT2D eigenvalue weighted by Gasteiger charge is -2.12. The summed E-state index contributed by atoms with van der Waals surface area (Å²) in [4.78, 5) is 12.6. The summed E-state index contributed by atoms with van der Waals surface area (Å²) >= 11 is 9.44. The fourth-order valence-electron chi connectivity index (χ4n) is 2.24. The number of halogens is 2. The third kappa shape index (κ3) is 4.57. The number of methoxy groups -OCH3 is 2. The van der Waals surface area contributed by atoms with Crippen LogP contribution >= 0.6 is 27.5 Å². The molecule has 0 fully saturated rings. The van der Waals surface area contributed by atoms with Gasteiger partial charge in [-0.3, -0.25) is 4.79 Å². The number of rotatable bonds is 5. The predicted octanol–water partition coefficient (Wildman–Crippen LogP) is 4.97. The van der Waals surface area contributed by atoms with Gasteiger partial charge in [0.15, 0.2) is 0 Å². The predicted molar refractivity (Wildman–Crippen MR) is 106 cm³/mol. The summed E-state index contributed by atoms with van der Waals surface area (Å²) in [5, 5.41) is 12.6. The number of nitrogens with one attached hydrogen (secondary N) is 1. The Hall–Kier alpha value is -2.49. The van der Waals surface area contributed by atoms with Crippen molar-refractivity contribution in [2.45, 2.75) is 6.92 Å². The maximum atomic E-state index is 12.6. The largest absolute Gasteiger partial charge is 0.496 e. The van der Waals surface area contributed by atoms with Crippen LogP contribution in [0.3, 0.4) is 0 Å². The molecule has 0 bridgehead atoms. The summed E-state index contributed by atoms with van der Waals surface area (Å²) in [6, 6.07) is 10.5. The Balaban J connectivity index is 2.38. The van der Waals surface area contributed by atoms with Gasteiger partial charge in [0.1, 0.15) is 23.1 Å². The summed E-state index contributed by atoms with van der Waals surface area (Å²) < 4.78 is 11.3. The minimum absolute atomic E-state index is 0.0731. The van der Waals surface area contributed by atoms with Crippen LogP contribution in [0, 0.1) is 18.3 Å². The van der Waals surface area contributed by atoms with E-state index in [9.17, 15) is 10.1 Å². The first-order valence-corrected chi connectivity index (χ1v) is 8.67. The zero-order valence-corrected chi connectivity index (χ0v) is 16.7. The Labute approximate surface area is 165 Å². The molecule has 0 saturated heterocycles. The van der Waals surface area contributed by atoms with Gasteiger partial charge < -0.3 is 14.8 Å². The Morgan fingerprint density at radius 2 is 1.92 bits per heavy atom. The molecule has 0 spiro atoms. The number of carbonyl (C=O) groups is 1. The lowest BCUT2D eigenvalue weighted by atomic mass is 10.1. The Bertz CT molecular complexity index is 920. The second-order valence-electron chi connectivity index (χ2n) is 5.31. The van der Waals surface area contributed by atoms with Crippen molar-refractivity contribution in [1.29, 1.82) is 5.26 Å². The van der Waals surface area contributed by atoms with E-state index in [-0.39, 0.29) is 5.57 Å². The molecule has 2 aromatic rings. The third-order valence-corrected chi connectivity index (χ3v) is 4.49. The van der Waals surface area contributed by atoms with Gasteiger partial charge in [-0.15, -0.1) is 0 Å². The third-order valence-electron chi connectivity index (χ3n) is 3.59.